The van der Waals surface area contributed by atoms with Crippen LogP contribution >= 0.6 is 0 Å². The van der Waals surface area contributed by atoms with Gasteiger partial charge in [0.15, 0.2) is 0 Å². The molecule has 1 heterocycles. The summed E-state index contributed by atoms with van der Waals surface area (Å²) in [4.78, 5) is 17.1. The maximum Gasteiger partial charge on any atom is 0.251 e. The molecule has 0 radical (unpaired) electrons. The van der Waals surface area contributed by atoms with Crippen LogP contribution in [0.15, 0.2) is 48.5 Å². The van der Waals surface area contributed by atoms with Crippen molar-refractivity contribution in [3.63, 3.8) is 0 Å². The highest BCUT2D eigenvalue weighted by molar-refractivity contribution is 5.94. The molecule has 4 nitrogen and oxygen atoms in total. The molecule has 0 aliphatic carbocycles. The molecule has 31 heavy (non-hydrogen) atoms. The fourth-order valence-corrected chi connectivity index (χ4v) is 4.03. The molecule has 0 fully saturated rings. The zero-order valence-corrected chi connectivity index (χ0v) is 19.2. The largest absolute Gasteiger partial charge is 0.352 e. The molecule has 1 N–H and O–H groups in total. The van der Waals surface area contributed by atoms with Gasteiger partial charge in [-0.3, -0.25) is 4.79 Å². The Bertz CT molecular complexity index is 943. The van der Waals surface area contributed by atoms with Crippen molar-refractivity contribution in [3.8, 4) is 0 Å². The van der Waals surface area contributed by atoms with Gasteiger partial charge in [-0.2, -0.15) is 0 Å². The average Bonchev–Trinajstić information content (AvgIpc) is 3.13. The molecule has 3 rings (SSSR count). The first-order valence-electron chi connectivity index (χ1n) is 12.0. The van der Waals surface area contributed by atoms with Gasteiger partial charge < -0.3 is 9.88 Å². The third kappa shape index (κ3) is 6.95. The zero-order chi connectivity index (χ0) is 21.9. The van der Waals surface area contributed by atoms with Crippen molar-refractivity contribution < 1.29 is 4.79 Å². The van der Waals surface area contributed by atoms with E-state index in [0.717, 1.165) is 49.9 Å². The number of para-hydroxylation sites is 2. The molecule has 4 heteroatoms. The molecule has 0 aliphatic rings. The summed E-state index contributed by atoms with van der Waals surface area (Å²) in [7, 11) is 0. The summed E-state index contributed by atoms with van der Waals surface area (Å²) in [6.07, 6.45) is 10.6. The maximum absolute atomic E-state index is 12.2. The highest BCUT2D eigenvalue weighted by Gasteiger charge is 2.10. The van der Waals surface area contributed by atoms with Gasteiger partial charge in [-0.05, 0) is 50.5 Å². The summed E-state index contributed by atoms with van der Waals surface area (Å²) >= 11 is 0. The van der Waals surface area contributed by atoms with E-state index in [0.29, 0.717) is 0 Å². The SMILES string of the molecule is CCCCCCCn1c(CCCCCNC(=O)c2ccc(C)cc2)nc2ccccc21. The molecule has 1 aromatic heterocycles. The Hall–Kier alpha value is -2.62. The number of unbranched alkanes of at least 4 members (excludes halogenated alkanes) is 6. The van der Waals surface area contributed by atoms with Crippen molar-refractivity contribution in [3.05, 3.63) is 65.5 Å². The van der Waals surface area contributed by atoms with Crippen LogP contribution in [0.4, 0.5) is 0 Å². The van der Waals surface area contributed by atoms with Crippen LogP contribution in [-0.2, 0) is 13.0 Å². The Morgan fingerprint density at radius 1 is 0.903 bits per heavy atom. The van der Waals surface area contributed by atoms with Gasteiger partial charge >= 0.3 is 0 Å². The molecule has 166 valence electrons. The van der Waals surface area contributed by atoms with Crippen molar-refractivity contribution in [2.75, 3.05) is 6.54 Å². The standard InChI is InChI=1S/C27H37N3O/c1-3-4-5-6-12-21-30-25-14-10-9-13-24(25)29-26(30)15-8-7-11-20-28-27(31)23-18-16-22(2)17-19-23/h9-10,13-14,16-19H,3-8,11-12,15,20-21H2,1-2H3,(H,28,31). The summed E-state index contributed by atoms with van der Waals surface area (Å²) in [5, 5.41) is 3.03. The molecule has 0 spiro atoms. The summed E-state index contributed by atoms with van der Waals surface area (Å²) in [5.74, 6) is 1.23. The summed E-state index contributed by atoms with van der Waals surface area (Å²) in [6.45, 7) is 6.07. The van der Waals surface area contributed by atoms with Crippen LogP contribution in [0.3, 0.4) is 0 Å². The highest BCUT2D eigenvalue weighted by atomic mass is 16.1. The second-order valence-electron chi connectivity index (χ2n) is 8.52. The number of benzene rings is 2. The summed E-state index contributed by atoms with van der Waals surface area (Å²) in [6, 6.07) is 16.2. The third-order valence-corrected chi connectivity index (χ3v) is 5.90. The Balaban J connectivity index is 1.44. The molecular weight excluding hydrogens is 382 g/mol. The molecule has 0 saturated carbocycles. The van der Waals surface area contributed by atoms with Crippen molar-refractivity contribution in [1.29, 1.82) is 0 Å². The fourth-order valence-electron chi connectivity index (χ4n) is 4.03. The van der Waals surface area contributed by atoms with Gasteiger partial charge in [-0.25, -0.2) is 4.98 Å². The Morgan fingerprint density at radius 2 is 1.65 bits per heavy atom. The van der Waals surface area contributed by atoms with E-state index in [1.165, 1.54) is 49.0 Å². The van der Waals surface area contributed by atoms with Crippen LogP contribution in [0.5, 0.6) is 0 Å². The van der Waals surface area contributed by atoms with Gasteiger partial charge in [-0.1, -0.05) is 68.9 Å². The molecule has 2 aromatic carbocycles. The number of amides is 1. The molecule has 0 saturated heterocycles. The van der Waals surface area contributed by atoms with Crippen LogP contribution in [-0.4, -0.2) is 22.0 Å². The molecule has 3 aromatic rings. The normalized spacial score (nSPS) is 11.2. The quantitative estimate of drug-likeness (QED) is 0.323. The molecule has 0 unspecified atom stereocenters. The minimum absolute atomic E-state index is 0.0184. The van der Waals surface area contributed by atoms with Crippen LogP contribution in [0.2, 0.25) is 0 Å². The van der Waals surface area contributed by atoms with E-state index in [2.05, 4.69) is 41.1 Å². The third-order valence-electron chi connectivity index (χ3n) is 5.90. The molecule has 0 aliphatic heterocycles. The molecule has 0 bridgehead atoms. The first-order valence-corrected chi connectivity index (χ1v) is 12.0. The average molecular weight is 420 g/mol. The minimum Gasteiger partial charge on any atom is -0.352 e. The first-order chi connectivity index (χ1) is 15.2. The van der Waals surface area contributed by atoms with Crippen molar-refractivity contribution in [2.45, 2.75) is 78.2 Å². The predicted molar refractivity (Wildman–Crippen MR) is 130 cm³/mol. The number of nitrogens with zero attached hydrogens (tertiary/aromatic N) is 2. The van der Waals surface area contributed by atoms with Crippen LogP contribution in [0.25, 0.3) is 11.0 Å². The van der Waals surface area contributed by atoms with Gasteiger partial charge in [0.25, 0.3) is 5.91 Å². The number of hydrogen-bond acceptors (Lipinski definition) is 2. The maximum atomic E-state index is 12.2. The second-order valence-corrected chi connectivity index (χ2v) is 8.52. The van der Waals surface area contributed by atoms with Gasteiger partial charge in [0, 0.05) is 25.1 Å². The number of rotatable bonds is 13. The topological polar surface area (TPSA) is 46.9 Å². The molecule has 1 amide bonds. The first kappa shape index (κ1) is 23.1. The predicted octanol–water partition coefficient (Wildman–Crippen LogP) is 6.46. The van der Waals surface area contributed by atoms with E-state index < -0.39 is 0 Å². The van der Waals surface area contributed by atoms with Crippen molar-refractivity contribution in [1.82, 2.24) is 14.9 Å². The molecular formula is C27H37N3O. The van der Waals surface area contributed by atoms with E-state index in [4.69, 9.17) is 4.98 Å². The van der Waals surface area contributed by atoms with E-state index >= 15 is 0 Å². The van der Waals surface area contributed by atoms with Crippen molar-refractivity contribution in [2.24, 2.45) is 0 Å². The van der Waals surface area contributed by atoms with Crippen LogP contribution in [0, 0.1) is 6.92 Å². The Kier molecular flexibility index (Phi) is 9.14. The number of carbonyl (C=O) groups excluding carboxylic acids is 1. The van der Waals surface area contributed by atoms with Gasteiger partial charge in [0.05, 0.1) is 11.0 Å². The van der Waals surface area contributed by atoms with Crippen LogP contribution < -0.4 is 5.32 Å². The number of fused-ring (bicyclic) bond motifs is 1. The highest BCUT2D eigenvalue weighted by Crippen LogP contribution is 2.19. The second kappa shape index (κ2) is 12.3. The summed E-state index contributed by atoms with van der Waals surface area (Å²) < 4.78 is 2.43. The van der Waals surface area contributed by atoms with Gasteiger partial charge in [0.2, 0.25) is 0 Å². The summed E-state index contributed by atoms with van der Waals surface area (Å²) in [5.41, 5.74) is 4.27. The lowest BCUT2D eigenvalue weighted by molar-refractivity contribution is 0.0953. The fraction of sp³-hybridized carbons (Fsp3) is 0.481. The number of nitrogens with one attached hydrogen (secondary N) is 1. The van der Waals surface area contributed by atoms with Crippen molar-refractivity contribution >= 4 is 16.9 Å². The molecule has 0 atom stereocenters. The lowest BCUT2D eigenvalue weighted by atomic mass is 10.1. The van der Waals surface area contributed by atoms with E-state index in [9.17, 15) is 4.79 Å². The Labute approximate surface area is 187 Å². The van der Waals surface area contributed by atoms with E-state index in [1.807, 2.05) is 31.2 Å². The van der Waals surface area contributed by atoms with E-state index in [1.54, 1.807) is 0 Å². The lowest BCUT2D eigenvalue weighted by Crippen LogP contribution is -2.24. The zero-order valence-electron chi connectivity index (χ0n) is 19.2. The van der Waals surface area contributed by atoms with E-state index in [-0.39, 0.29) is 5.91 Å². The number of imidazole rings is 1. The Morgan fingerprint density at radius 3 is 2.45 bits per heavy atom. The number of aromatic nitrogens is 2. The number of carbonyl (C=O) groups is 1. The lowest BCUT2D eigenvalue weighted by Gasteiger charge is -2.10. The smallest absolute Gasteiger partial charge is 0.251 e. The number of hydrogen-bond donors (Lipinski definition) is 1. The number of aryl methyl sites for hydroxylation is 3. The van der Waals surface area contributed by atoms with Crippen LogP contribution in [0.1, 0.15) is 80.0 Å². The monoisotopic (exact) mass is 419 g/mol. The minimum atomic E-state index is 0.0184. The van der Waals surface area contributed by atoms with Gasteiger partial charge in [-0.15, -0.1) is 0 Å². The van der Waals surface area contributed by atoms with Gasteiger partial charge in [0.1, 0.15) is 5.82 Å².